The van der Waals surface area contributed by atoms with Gasteiger partial charge in [0.05, 0.1) is 0 Å². The van der Waals surface area contributed by atoms with Gasteiger partial charge in [-0.3, -0.25) is 0 Å². The normalized spacial score (nSPS) is 13.9. The van der Waals surface area contributed by atoms with E-state index in [4.69, 9.17) is 20.6 Å². The van der Waals surface area contributed by atoms with Gasteiger partial charge in [0.1, 0.15) is 8.07 Å². The highest BCUT2D eigenvalue weighted by molar-refractivity contribution is 7.17. The molecule has 0 N–H and O–H groups in total. The summed E-state index contributed by atoms with van der Waals surface area (Å²) in [6.07, 6.45) is 0. The topological polar surface area (TPSA) is 46.2 Å². The molecule has 5 nitrogen and oxygen atoms in total. The highest BCUT2D eigenvalue weighted by atomic mass is 28.5. The van der Waals surface area contributed by atoms with Gasteiger partial charge in [-0.2, -0.15) is 0 Å². The summed E-state index contributed by atoms with van der Waals surface area (Å²) < 4.78 is 39.8. The van der Waals surface area contributed by atoms with Crippen LogP contribution in [-0.2, 0) is 20.6 Å². The van der Waals surface area contributed by atoms with Gasteiger partial charge in [-0.05, 0) is 155 Å². The van der Waals surface area contributed by atoms with Crippen LogP contribution in [-0.4, -0.2) is 83.2 Å². The molecule has 0 aliphatic rings. The van der Waals surface area contributed by atoms with E-state index in [0.29, 0.717) is 0 Å². The Balaban J connectivity index is 1.01. The van der Waals surface area contributed by atoms with Crippen LogP contribution in [0.15, 0.2) is 273 Å². The molecule has 0 bridgehead atoms. The molecule has 0 amide bonds. The van der Waals surface area contributed by atoms with E-state index in [-0.39, 0.29) is 0 Å². The zero-order valence-electron chi connectivity index (χ0n) is 55.5. The van der Waals surface area contributed by atoms with Crippen LogP contribution < -0.4 is 46.7 Å². The van der Waals surface area contributed by atoms with Crippen LogP contribution in [0.4, 0.5) is 0 Å². The maximum atomic E-state index is 8.06. The van der Waals surface area contributed by atoms with Crippen molar-refractivity contribution >= 4 is 130 Å². The number of hydrogen-bond donors (Lipinski definition) is 0. The van der Waals surface area contributed by atoms with Gasteiger partial charge < -0.3 is 20.6 Å². The summed E-state index contributed by atoms with van der Waals surface area (Å²) in [6, 6.07) is 107. The van der Waals surface area contributed by atoms with Crippen LogP contribution in [0.2, 0.25) is 127 Å². The van der Waals surface area contributed by atoms with E-state index in [9.17, 15) is 0 Å². The fourth-order valence-corrected chi connectivity index (χ4v) is 73.3. The molecule has 9 rings (SSSR count). The fourth-order valence-electron chi connectivity index (χ4n) is 13.9. The molecule has 1 unspecified atom stereocenters. The molecule has 0 saturated heterocycles. The van der Waals surface area contributed by atoms with E-state index >= 15 is 0 Å². The van der Waals surface area contributed by atoms with E-state index in [1.54, 1.807) is 0 Å². The Morgan fingerprint density at radius 3 is 0.674 bits per heavy atom. The van der Waals surface area contributed by atoms with Crippen molar-refractivity contribution in [3.05, 3.63) is 273 Å². The zero-order chi connectivity index (χ0) is 63.5. The molecule has 0 saturated carbocycles. The third kappa shape index (κ3) is 17.2. The maximum Gasteiger partial charge on any atom is 0.315 e. The second-order valence-corrected chi connectivity index (χ2v) is 70.2. The molecule has 0 heterocycles. The van der Waals surface area contributed by atoms with Crippen LogP contribution in [0.5, 0.6) is 0 Å². The van der Waals surface area contributed by atoms with E-state index in [2.05, 4.69) is 358 Å². The third-order valence-corrected chi connectivity index (χ3v) is 63.4. The lowest BCUT2D eigenvalue weighted by Gasteiger charge is -2.45. The van der Waals surface area contributed by atoms with Crippen molar-refractivity contribution in [1.29, 1.82) is 0 Å². The summed E-state index contributed by atoms with van der Waals surface area (Å²) in [6.45, 7) is 32.0. The predicted octanol–water partition coefficient (Wildman–Crippen LogP) is 14.4. The fraction of sp³-hybridized carbons (Fsp3) is 0.270. The smallest absolute Gasteiger partial charge is 0.315 e. The average Bonchev–Trinajstić information content (AvgIpc) is 0.999. The van der Waals surface area contributed by atoms with Crippen molar-refractivity contribution < 1.29 is 20.6 Å². The molecular weight excluding hydrogens is 1250 g/mol. The minimum Gasteiger partial charge on any atom is -0.446 e. The lowest BCUT2D eigenvalue weighted by molar-refractivity contribution is 0.322. The number of hydrogen-bond acceptors (Lipinski definition) is 5. The number of rotatable bonds is 30. The van der Waals surface area contributed by atoms with Crippen molar-refractivity contribution in [2.24, 2.45) is 0 Å². The van der Waals surface area contributed by atoms with Gasteiger partial charge in [-0.1, -0.05) is 292 Å². The molecular formula is C74H98O5Si10. The van der Waals surface area contributed by atoms with E-state index in [0.717, 1.165) is 36.3 Å². The summed E-state index contributed by atoms with van der Waals surface area (Å²) in [4.78, 5) is 0. The summed E-state index contributed by atoms with van der Waals surface area (Å²) in [7, 11) is -26.0. The van der Waals surface area contributed by atoms with Gasteiger partial charge in [0, 0.05) is 8.07 Å². The van der Waals surface area contributed by atoms with Gasteiger partial charge >= 0.3 is 17.1 Å². The standard InChI is InChI=1S/C74H98O5Si10/c1-80(2,65-87(66-41-23-14-24-42-66,67-43-25-15-26-44-67)68-45-27-16-28-46-68)59-64-86(13,76-82(5,6)61-63-84(9,10)78-89(72-53-35-20-36-54-72,73-55-37-21-38-56-73)74-57-39-22-40-58-74)79-85(11,12)75-81(3,4)60-62-83(7,8)77-88(69-47-29-17-30-48-69,70-49-31-18-32-50-70)71-51-33-19-34-52-71/h14-58H,59-65H2,1-13H3. The Bertz CT molecular complexity index is 3300. The first-order valence-corrected chi connectivity index (χ1v) is 59.6. The van der Waals surface area contributed by atoms with E-state index < -0.39 is 83.2 Å². The lowest BCUT2D eigenvalue weighted by Crippen LogP contribution is -2.72. The van der Waals surface area contributed by atoms with Crippen LogP contribution in [0.25, 0.3) is 0 Å². The third-order valence-electron chi connectivity index (χ3n) is 17.9. The van der Waals surface area contributed by atoms with Crippen LogP contribution >= 0.6 is 0 Å². The Morgan fingerprint density at radius 2 is 0.427 bits per heavy atom. The molecule has 1 atom stereocenters. The quantitative estimate of drug-likeness (QED) is 0.0332. The maximum absolute atomic E-state index is 8.06. The first kappa shape index (κ1) is 68.3. The van der Waals surface area contributed by atoms with Crippen LogP contribution in [0.1, 0.15) is 0 Å². The Labute approximate surface area is 546 Å². The van der Waals surface area contributed by atoms with E-state index in [1.165, 1.54) is 52.3 Å². The summed E-state index contributed by atoms with van der Waals surface area (Å²) in [5.41, 5.74) is 1.18. The molecule has 89 heavy (non-hydrogen) atoms. The second-order valence-electron chi connectivity index (χ2n) is 28.5. The number of benzene rings is 9. The first-order valence-electron chi connectivity index (χ1n) is 32.3. The van der Waals surface area contributed by atoms with Gasteiger partial charge in [0.25, 0.3) is 16.6 Å². The monoisotopic (exact) mass is 1350 g/mol. The molecule has 0 aliphatic heterocycles. The predicted molar refractivity (Wildman–Crippen MR) is 408 cm³/mol. The molecule has 0 radical (unpaired) electrons. The SMILES string of the molecule is C[Si](C)(CC[Si](C)(O[Si](C)(C)CC[Si](C)(C)O[Si](c1ccccc1)(c1ccccc1)c1ccccc1)O[Si](C)(C)O[Si](C)(C)CC[Si](C)(C)O[Si](c1ccccc1)(c1ccccc1)c1ccccc1)C[Si](c1ccccc1)(c1ccccc1)c1ccccc1. The van der Waals surface area contributed by atoms with Crippen LogP contribution in [0, 0.1) is 0 Å². The molecule has 9 aromatic rings. The minimum absolute atomic E-state index is 0.926. The van der Waals surface area contributed by atoms with Crippen LogP contribution in [0.3, 0.4) is 0 Å². The molecule has 0 aliphatic carbocycles. The van der Waals surface area contributed by atoms with Crippen molar-refractivity contribution in [3.63, 3.8) is 0 Å². The largest absolute Gasteiger partial charge is 0.446 e. The highest BCUT2D eigenvalue weighted by Gasteiger charge is 2.52. The molecule has 464 valence electrons. The second kappa shape index (κ2) is 28.9. The van der Waals surface area contributed by atoms with Gasteiger partial charge in [0.15, 0.2) is 33.3 Å². The molecule has 0 fully saturated rings. The Hall–Kier alpha value is -5.05. The Kier molecular flexibility index (Phi) is 22.1. The minimum atomic E-state index is -3.00. The summed E-state index contributed by atoms with van der Waals surface area (Å²) >= 11 is 0. The van der Waals surface area contributed by atoms with Crippen molar-refractivity contribution in [3.8, 4) is 0 Å². The Morgan fingerprint density at radius 1 is 0.213 bits per heavy atom. The molecule has 0 spiro atoms. The average molecular weight is 1350 g/mol. The zero-order valence-corrected chi connectivity index (χ0v) is 65.5. The van der Waals surface area contributed by atoms with Crippen molar-refractivity contribution in [2.75, 3.05) is 0 Å². The van der Waals surface area contributed by atoms with Gasteiger partial charge in [-0.25, -0.2) is 0 Å². The highest BCUT2D eigenvalue weighted by Crippen LogP contribution is 2.37. The molecule has 0 aromatic heterocycles. The lowest BCUT2D eigenvalue weighted by atomic mass is 10.3. The van der Waals surface area contributed by atoms with Crippen molar-refractivity contribution in [2.45, 2.75) is 127 Å². The summed E-state index contributed by atoms with van der Waals surface area (Å²) in [5.74, 6) is 0. The first-order chi connectivity index (χ1) is 42.3. The molecule has 15 heteroatoms. The molecule has 9 aromatic carbocycles. The van der Waals surface area contributed by atoms with E-state index in [1.807, 2.05) is 0 Å². The van der Waals surface area contributed by atoms with Crippen molar-refractivity contribution in [1.82, 2.24) is 0 Å². The van der Waals surface area contributed by atoms with Gasteiger partial charge in [-0.15, -0.1) is 0 Å². The van der Waals surface area contributed by atoms with Gasteiger partial charge in [0.2, 0.25) is 0 Å². The summed E-state index contributed by atoms with van der Waals surface area (Å²) in [5, 5.41) is 12.1.